The molecule has 3 aromatic rings. The Morgan fingerprint density at radius 2 is 1.69 bits per heavy atom. The van der Waals surface area contributed by atoms with Gasteiger partial charge in [-0.1, -0.05) is 18.2 Å². The van der Waals surface area contributed by atoms with Crippen molar-refractivity contribution in [3.8, 4) is 23.0 Å². The second kappa shape index (κ2) is 10.6. The van der Waals surface area contributed by atoms with Crippen molar-refractivity contribution in [3.05, 3.63) is 88.8 Å². The van der Waals surface area contributed by atoms with Crippen LogP contribution in [0.15, 0.2) is 66.2 Å². The van der Waals surface area contributed by atoms with Crippen LogP contribution in [-0.2, 0) is 11.2 Å². The van der Waals surface area contributed by atoms with Crippen molar-refractivity contribution in [1.82, 2.24) is 0 Å². The van der Waals surface area contributed by atoms with Crippen LogP contribution in [0.2, 0.25) is 0 Å². The fourth-order valence-electron chi connectivity index (χ4n) is 4.41. The number of allylic oxidation sites excluding steroid dienone is 3. The molecule has 0 aliphatic heterocycles. The Morgan fingerprint density at radius 3 is 2.36 bits per heavy atom. The van der Waals surface area contributed by atoms with Gasteiger partial charge >= 0.3 is 0 Å². The van der Waals surface area contributed by atoms with E-state index >= 15 is 0 Å². The monoisotopic (exact) mass is 489 g/mol. The summed E-state index contributed by atoms with van der Waals surface area (Å²) in [5, 5.41) is 13.1. The number of rotatable bonds is 8. The molecule has 0 heterocycles. The molecule has 1 aliphatic carbocycles. The molecular formula is C29H28FNO5. The Balaban J connectivity index is 1.64. The summed E-state index contributed by atoms with van der Waals surface area (Å²) in [4.78, 5) is 12.9. The lowest BCUT2D eigenvalue weighted by Gasteiger charge is -2.11. The van der Waals surface area contributed by atoms with E-state index < -0.39 is 0 Å². The lowest BCUT2D eigenvalue weighted by molar-refractivity contribution is -0.115. The van der Waals surface area contributed by atoms with Gasteiger partial charge in [0.25, 0.3) is 0 Å². The van der Waals surface area contributed by atoms with E-state index in [4.69, 9.17) is 14.2 Å². The van der Waals surface area contributed by atoms with Crippen LogP contribution < -0.4 is 19.5 Å². The largest absolute Gasteiger partial charge is 0.502 e. The number of amides is 1. The van der Waals surface area contributed by atoms with Crippen LogP contribution in [0.4, 0.5) is 10.1 Å². The minimum atomic E-state index is -0.360. The maximum Gasteiger partial charge on any atom is 0.228 e. The number of nitrogens with one attached hydrogen (secondary N) is 1. The number of carbonyl (C=O) groups excluding carboxylic acids is 1. The Hall–Kier alpha value is -4.26. The number of hydrogen-bond acceptors (Lipinski definition) is 5. The van der Waals surface area contributed by atoms with Gasteiger partial charge in [0, 0.05) is 11.8 Å². The zero-order valence-corrected chi connectivity index (χ0v) is 20.6. The molecule has 0 radical (unpaired) electrons. The molecule has 3 aromatic carbocycles. The summed E-state index contributed by atoms with van der Waals surface area (Å²) in [6.45, 7) is 1.94. The van der Waals surface area contributed by atoms with Crippen LogP contribution in [0.5, 0.6) is 23.0 Å². The molecule has 0 spiro atoms. The Kier molecular flexibility index (Phi) is 7.29. The molecule has 186 valence electrons. The second-order valence-electron chi connectivity index (χ2n) is 8.42. The van der Waals surface area contributed by atoms with Crippen molar-refractivity contribution in [2.45, 2.75) is 19.8 Å². The van der Waals surface area contributed by atoms with E-state index in [0.29, 0.717) is 34.9 Å². The molecule has 7 heteroatoms. The van der Waals surface area contributed by atoms with Gasteiger partial charge in [0.2, 0.25) is 11.7 Å². The molecule has 2 N–H and O–H groups in total. The summed E-state index contributed by atoms with van der Waals surface area (Å²) in [6, 6.07) is 15.3. The average Bonchev–Trinajstić information content (AvgIpc) is 3.13. The van der Waals surface area contributed by atoms with Gasteiger partial charge in [-0.2, -0.15) is 0 Å². The highest BCUT2D eigenvalue weighted by Gasteiger charge is 2.26. The van der Waals surface area contributed by atoms with Crippen molar-refractivity contribution >= 4 is 22.7 Å². The van der Waals surface area contributed by atoms with Gasteiger partial charge in [-0.25, -0.2) is 4.39 Å². The fraction of sp³-hybridized carbons (Fsp3) is 0.207. The highest BCUT2D eigenvalue weighted by Crippen LogP contribution is 2.44. The van der Waals surface area contributed by atoms with Gasteiger partial charge < -0.3 is 24.6 Å². The molecule has 0 unspecified atom stereocenters. The fourth-order valence-corrected chi connectivity index (χ4v) is 4.41. The molecule has 1 aliphatic rings. The van der Waals surface area contributed by atoms with E-state index in [9.17, 15) is 14.3 Å². The van der Waals surface area contributed by atoms with Crippen LogP contribution in [0.3, 0.4) is 0 Å². The molecule has 0 saturated carbocycles. The molecule has 6 nitrogen and oxygen atoms in total. The zero-order chi connectivity index (χ0) is 25.8. The number of carbonyl (C=O) groups is 1. The van der Waals surface area contributed by atoms with Gasteiger partial charge in [-0.15, -0.1) is 0 Å². The number of phenolic OH excluding ortho intramolecular Hbond substituents is 1. The van der Waals surface area contributed by atoms with Crippen LogP contribution in [0.1, 0.15) is 30.0 Å². The minimum Gasteiger partial charge on any atom is -0.502 e. The minimum absolute atomic E-state index is 0.0569. The number of aromatic hydroxyl groups is 1. The van der Waals surface area contributed by atoms with Crippen molar-refractivity contribution in [2.24, 2.45) is 0 Å². The van der Waals surface area contributed by atoms with E-state index in [1.165, 1.54) is 26.4 Å². The molecule has 0 aromatic heterocycles. The molecule has 36 heavy (non-hydrogen) atoms. The molecule has 0 fully saturated rings. The third-order valence-electron chi connectivity index (χ3n) is 6.23. The summed E-state index contributed by atoms with van der Waals surface area (Å²) in [5.41, 5.74) is 5.69. The zero-order valence-electron chi connectivity index (χ0n) is 20.6. The van der Waals surface area contributed by atoms with Crippen molar-refractivity contribution < 1.29 is 28.5 Å². The summed E-state index contributed by atoms with van der Waals surface area (Å²) >= 11 is 0. The molecule has 4 rings (SSSR count). The van der Waals surface area contributed by atoms with E-state index in [-0.39, 0.29) is 23.9 Å². The van der Waals surface area contributed by atoms with E-state index in [1.807, 2.05) is 13.0 Å². The topological polar surface area (TPSA) is 77.0 Å². The number of fused-ring (bicyclic) bond motifs is 1. The Bertz CT molecular complexity index is 1350. The van der Waals surface area contributed by atoms with E-state index in [2.05, 4.69) is 5.32 Å². The van der Waals surface area contributed by atoms with Gasteiger partial charge in [0.15, 0.2) is 11.5 Å². The average molecular weight is 490 g/mol. The number of hydrogen-bond donors (Lipinski definition) is 2. The predicted octanol–water partition coefficient (Wildman–Crippen LogP) is 6.00. The first-order chi connectivity index (χ1) is 17.3. The molecular weight excluding hydrogens is 461 g/mol. The number of phenols is 1. The quantitative estimate of drug-likeness (QED) is 0.406. The number of anilines is 1. The lowest BCUT2D eigenvalue weighted by Crippen LogP contribution is -2.12. The van der Waals surface area contributed by atoms with Crippen molar-refractivity contribution in [1.29, 1.82) is 0 Å². The smallest absolute Gasteiger partial charge is 0.228 e. The predicted molar refractivity (Wildman–Crippen MR) is 138 cm³/mol. The Labute approximate surface area is 209 Å². The molecule has 0 bridgehead atoms. The first-order valence-electron chi connectivity index (χ1n) is 11.4. The molecule has 0 saturated heterocycles. The normalized spacial score (nSPS) is 13.5. The summed E-state index contributed by atoms with van der Waals surface area (Å²) in [5.74, 6) is 0.656. The molecule has 0 atom stereocenters. The van der Waals surface area contributed by atoms with E-state index in [1.54, 1.807) is 49.6 Å². The summed E-state index contributed by atoms with van der Waals surface area (Å²) in [6.07, 6.45) is 2.64. The van der Waals surface area contributed by atoms with Crippen LogP contribution >= 0.6 is 0 Å². The standard InChI is InChI=1S/C29H28FNO5/c1-17-22(10-8-18-12-26(35-3)29(33)27(13-18)36-4)23-11-9-19(30)14-25(23)24(17)16-28(32)31-20-6-5-7-21(15-20)34-2/h5-7,9-15,33H,8,16H2,1-4H3,(H,31,32)/b22-10-. The van der Waals surface area contributed by atoms with Gasteiger partial charge in [-0.3, -0.25) is 4.79 Å². The maximum absolute atomic E-state index is 14.2. The second-order valence-corrected chi connectivity index (χ2v) is 8.42. The van der Waals surface area contributed by atoms with Crippen LogP contribution in [-0.4, -0.2) is 32.3 Å². The third kappa shape index (κ3) is 5.05. The third-order valence-corrected chi connectivity index (χ3v) is 6.23. The number of methoxy groups -OCH3 is 3. The highest BCUT2D eigenvalue weighted by atomic mass is 19.1. The maximum atomic E-state index is 14.2. The van der Waals surface area contributed by atoms with Crippen LogP contribution in [0.25, 0.3) is 11.1 Å². The number of ether oxygens (including phenoxy) is 3. The van der Waals surface area contributed by atoms with Gasteiger partial charge in [0.05, 0.1) is 27.8 Å². The molecule has 1 amide bonds. The first-order valence-corrected chi connectivity index (χ1v) is 11.4. The summed E-state index contributed by atoms with van der Waals surface area (Å²) in [7, 11) is 4.53. The van der Waals surface area contributed by atoms with Gasteiger partial charge in [-0.05, 0) is 83.2 Å². The summed E-state index contributed by atoms with van der Waals surface area (Å²) < 4.78 is 29.9. The SMILES string of the molecule is COc1cccc(NC(=O)CC2=C(C)/C(=C/Cc3cc(OC)c(O)c(OC)c3)c3ccc(F)cc32)c1. The number of halogens is 1. The van der Waals surface area contributed by atoms with E-state index in [0.717, 1.165) is 27.8 Å². The Morgan fingerprint density at radius 1 is 0.972 bits per heavy atom. The highest BCUT2D eigenvalue weighted by molar-refractivity contribution is 6.06. The first kappa shape index (κ1) is 24.9. The lowest BCUT2D eigenvalue weighted by atomic mass is 10.00. The van der Waals surface area contributed by atoms with Crippen LogP contribution in [0, 0.1) is 5.82 Å². The number of benzene rings is 3. The van der Waals surface area contributed by atoms with Crippen molar-refractivity contribution in [2.75, 3.05) is 26.6 Å². The van der Waals surface area contributed by atoms with Crippen molar-refractivity contribution in [3.63, 3.8) is 0 Å². The van der Waals surface area contributed by atoms with Gasteiger partial charge in [0.1, 0.15) is 11.6 Å².